The second kappa shape index (κ2) is 9.30. The van der Waals surface area contributed by atoms with Gasteiger partial charge in [0.25, 0.3) is 5.91 Å². The lowest BCUT2D eigenvalue weighted by atomic mass is 9.96. The Morgan fingerprint density at radius 1 is 1.16 bits per heavy atom. The molecule has 0 spiro atoms. The van der Waals surface area contributed by atoms with Gasteiger partial charge in [-0.25, -0.2) is 14.6 Å². The molecular formula is C24H28N6O2. The average molecular weight is 433 g/mol. The lowest BCUT2D eigenvalue weighted by Gasteiger charge is -2.32. The molecule has 4 heterocycles. The van der Waals surface area contributed by atoms with Crippen molar-refractivity contribution in [2.45, 2.75) is 39.5 Å². The molecule has 166 valence electrons. The summed E-state index contributed by atoms with van der Waals surface area (Å²) in [6.45, 7) is 6.96. The average Bonchev–Trinajstić information content (AvgIpc) is 3.25. The van der Waals surface area contributed by atoms with E-state index in [1.54, 1.807) is 28.0 Å². The summed E-state index contributed by atoms with van der Waals surface area (Å²) < 4.78 is 1.73. The lowest BCUT2D eigenvalue weighted by Crippen LogP contribution is -2.44. The molecule has 0 bridgehead atoms. The number of carbonyl (C=O) groups excluding carboxylic acids is 2. The minimum atomic E-state index is -0.275. The maximum absolute atomic E-state index is 13.4. The smallest absolute Gasteiger partial charge is 0.257 e. The van der Waals surface area contributed by atoms with Crippen molar-refractivity contribution >= 4 is 17.6 Å². The maximum atomic E-state index is 13.4. The van der Waals surface area contributed by atoms with Gasteiger partial charge in [-0.3, -0.25) is 9.59 Å². The van der Waals surface area contributed by atoms with Crippen molar-refractivity contribution in [2.24, 2.45) is 5.92 Å². The van der Waals surface area contributed by atoms with Gasteiger partial charge in [-0.15, -0.1) is 0 Å². The van der Waals surface area contributed by atoms with Crippen LogP contribution in [0.15, 0.2) is 48.8 Å². The van der Waals surface area contributed by atoms with Gasteiger partial charge >= 0.3 is 0 Å². The molecule has 1 atom stereocenters. The zero-order valence-corrected chi connectivity index (χ0v) is 18.7. The van der Waals surface area contributed by atoms with Gasteiger partial charge in [-0.2, -0.15) is 5.10 Å². The van der Waals surface area contributed by atoms with E-state index in [2.05, 4.69) is 20.4 Å². The second-order valence-corrected chi connectivity index (χ2v) is 8.44. The molecule has 32 heavy (non-hydrogen) atoms. The van der Waals surface area contributed by atoms with Crippen LogP contribution in [-0.4, -0.2) is 49.6 Å². The van der Waals surface area contributed by atoms with Gasteiger partial charge in [0, 0.05) is 25.0 Å². The standard InChI is InChI=1S/C24H28N6O2/c1-16(2)22-19(14-26-30(22)21-11-4-5-12-25-21)24(32)29-13-7-9-18(15-29)23(31)28-20-10-6-8-17(3)27-20/h4-6,8,10-12,14,16,18H,7,9,13,15H2,1-3H3,(H,27,28,31). The molecule has 3 aromatic heterocycles. The number of aromatic nitrogens is 4. The van der Waals surface area contributed by atoms with Crippen molar-refractivity contribution in [1.29, 1.82) is 0 Å². The Morgan fingerprint density at radius 2 is 2.00 bits per heavy atom. The van der Waals surface area contributed by atoms with Crippen molar-refractivity contribution in [2.75, 3.05) is 18.4 Å². The summed E-state index contributed by atoms with van der Waals surface area (Å²) in [4.78, 5) is 36.8. The number of likely N-dealkylation sites (tertiary alicyclic amines) is 1. The van der Waals surface area contributed by atoms with Crippen LogP contribution in [0.5, 0.6) is 0 Å². The van der Waals surface area contributed by atoms with Gasteiger partial charge in [-0.05, 0) is 49.9 Å². The van der Waals surface area contributed by atoms with Crippen LogP contribution in [0.1, 0.15) is 54.4 Å². The molecule has 0 radical (unpaired) electrons. The summed E-state index contributed by atoms with van der Waals surface area (Å²) in [6.07, 6.45) is 4.84. The van der Waals surface area contributed by atoms with Gasteiger partial charge in [-0.1, -0.05) is 26.0 Å². The first-order valence-corrected chi connectivity index (χ1v) is 11.0. The van der Waals surface area contributed by atoms with Crippen molar-refractivity contribution in [3.63, 3.8) is 0 Å². The SMILES string of the molecule is Cc1cccc(NC(=O)C2CCCN(C(=O)c3cnn(-c4ccccn4)c3C(C)C)C2)n1. The third-order valence-corrected chi connectivity index (χ3v) is 5.67. The molecule has 1 unspecified atom stereocenters. The highest BCUT2D eigenvalue weighted by Crippen LogP contribution is 2.26. The summed E-state index contributed by atoms with van der Waals surface area (Å²) in [5.41, 5.74) is 2.23. The Balaban J connectivity index is 1.52. The number of nitrogens with zero attached hydrogens (tertiary/aromatic N) is 5. The van der Waals surface area contributed by atoms with Crippen LogP contribution in [0.25, 0.3) is 5.82 Å². The van der Waals surface area contributed by atoms with Crippen LogP contribution in [0.4, 0.5) is 5.82 Å². The van der Waals surface area contributed by atoms with Crippen molar-refractivity contribution in [1.82, 2.24) is 24.6 Å². The topological polar surface area (TPSA) is 93.0 Å². The molecule has 1 aliphatic rings. The first-order valence-electron chi connectivity index (χ1n) is 11.0. The highest BCUT2D eigenvalue weighted by molar-refractivity contribution is 5.97. The summed E-state index contributed by atoms with van der Waals surface area (Å²) in [5.74, 6) is 0.822. The first kappa shape index (κ1) is 21.7. The van der Waals surface area contributed by atoms with Crippen LogP contribution < -0.4 is 5.32 Å². The molecule has 8 nitrogen and oxygen atoms in total. The van der Waals surface area contributed by atoms with E-state index >= 15 is 0 Å². The molecule has 1 saturated heterocycles. The van der Waals surface area contributed by atoms with Crippen LogP contribution in [-0.2, 0) is 4.79 Å². The molecule has 0 saturated carbocycles. The fraction of sp³-hybridized carbons (Fsp3) is 0.375. The first-order chi connectivity index (χ1) is 15.4. The minimum Gasteiger partial charge on any atom is -0.338 e. The molecule has 2 amide bonds. The molecule has 1 fully saturated rings. The fourth-order valence-electron chi connectivity index (χ4n) is 4.13. The number of piperidine rings is 1. The molecule has 0 aromatic carbocycles. The number of rotatable bonds is 5. The quantitative estimate of drug-likeness (QED) is 0.665. The zero-order valence-electron chi connectivity index (χ0n) is 18.7. The Kier molecular flexibility index (Phi) is 6.30. The third kappa shape index (κ3) is 4.54. The Hall–Kier alpha value is -3.55. The largest absolute Gasteiger partial charge is 0.338 e. The maximum Gasteiger partial charge on any atom is 0.257 e. The number of hydrogen-bond donors (Lipinski definition) is 1. The number of pyridine rings is 2. The summed E-state index contributed by atoms with van der Waals surface area (Å²) in [5, 5.41) is 7.36. The van der Waals surface area contributed by atoms with Gasteiger partial charge in [0.15, 0.2) is 5.82 Å². The number of hydrogen-bond acceptors (Lipinski definition) is 5. The van der Waals surface area contributed by atoms with Gasteiger partial charge in [0.2, 0.25) is 5.91 Å². The number of aryl methyl sites for hydroxylation is 1. The van der Waals surface area contributed by atoms with Crippen LogP contribution in [0, 0.1) is 12.8 Å². The predicted molar refractivity (Wildman–Crippen MR) is 122 cm³/mol. The number of anilines is 1. The molecule has 8 heteroatoms. The van der Waals surface area contributed by atoms with Crippen molar-refractivity contribution in [3.8, 4) is 5.82 Å². The van der Waals surface area contributed by atoms with Crippen LogP contribution in [0.3, 0.4) is 0 Å². The van der Waals surface area contributed by atoms with Crippen molar-refractivity contribution in [3.05, 3.63) is 65.7 Å². The second-order valence-electron chi connectivity index (χ2n) is 8.44. The molecule has 1 N–H and O–H groups in total. The third-order valence-electron chi connectivity index (χ3n) is 5.67. The number of amides is 2. The van der Waals surface area contributed by atoms with E-state index in [1.165, 1.54) is 0 Å². The summed E-state index contributed by atoms with van der Waals surface area (Å²) in [7, 11) is 0. The van der Waals surface area contributed by atoms with Crippen molar-refractivity contribution < 1.29 is 9.59 Å². The number of nitrogens with one attached hydrogen (secondary N) is 1. The van der Waals surface area contributed by atoms with Gasteiger partial charge < -0.3 is 10.2 Å². The minimum absolute atomic E-state index is 0.0785. The zero-order chi connectivity index (χ0) is 22.7. The molecular weight excluding hydrogens is 404 g/mol. The van der Waals surface area contributed by atoms with E-state index in [4.69, 9.17) is 0 Å². The Bertz CT molecular complexity index is 1110. The molecule has 4 rings (SSSR count). The van der Waals surface area contributed by atoms with E-state index in [0.717, 1.165) is 24.2 Å². The predicted octanol–water partition coefficient (Wildman–Crippen LogP) is 3.59. The monoisotopic (exact) mass is 432 g/mol. The van der Waals surface area contributed by atoms with E-state index in [1.807, 2.05) is 51.1 Å². The Labute approximate surface area is 187 Å². The Morgan fingerprint density at radius 3 is 2.72 bits per heavy atom. The van der Waals surface area contributed by atoms with E-state index in [9.17, 15) is 9.59 Å². The number of carbonyl (C=O) groups is 2. The fourth-order valence-corrected chi connectivity index (χ4v) is 4.13. The normalized spacial score (nSPS) is 16.2. The van der Waals surface area contributed by atoms with Gasteiger partial charge in [0.1, 0.15) is 5.82 Å². The lowest BCUT2D eigenvalue weighted by molar-refractivity contribution is -0.121. The summed E-state index contributed by atoms with van der Waals surface area (Å²) in [6, 6.07) is 11.1. The van der Waals surface area contributed by atoms with E-state index in [0.29, 0.717) is 30.3 Å². The summed E-state index contributed by atoms with van der Waals surface area (Å²) >= 11 is 0. The van der Waals surface area contributed by atoms with E-state index in [-0.39, 0.29) is 23.7 Å². The van der Waals surface area contributed by atoms with Crippen LogP contribution >= 0.6 is 0 Å². The molecule has 3 aromatic rings. The van der Waals surface area contributed by atoms with Crippen LogP contribution in [0.2, 0.25) is 0 Å². The van der Waals surface area contributed by atoms with E-state index < -0.39 is 0 Å². The van der Waals surface area contributed by atoms with Gasteiger partial charge in [0.05, 0.1) is 23.4 Å². The molecule has 0 aliphatic carbocycles. The highest BCUT2D eigenvalue weighted by atomic mass is 16.2. The highest BCUT2D eigenvalue weighted by Gasteiger charge is 2.32. The molecule has 1 aliphatic heterocycles.